The lowest BCUT2D eigenvalue weighted by molar-refractivity contribution is -0.127. The van der Waals surface area contributed by atoms with E-state index in [1.54, 1.807) is 0 Å². The molecule has 0 amide bonds. The molecule has 2 nitrogen and oxygen atoms in total. The highest BCUT2D eigenvalue weighted by molar-refractivity contribution is 6.30. The first-order valence-electron chi connectivity index (χ1n) is 6.74. The van der Waals surface area contributed by atoms with Crippen LogP contribution in [0.4, 0.5) is 0 Å². The molecule has 2 bridgehead atoms. The van der Waals surface area contributed by atoms with Crippen molar-refractivity contribution in [1.29, 1.82) is 0 Å². The van der Waals surface area contributed by atoms with Gasteiger partial charge in [0.2, 0.25) is 0 Å². The molecule has 2 unspecified atom stereocenters. The molecule has 3 heteroatoms. The second-order valence-electron chi connectivity index (χ2n) is 5.49. The van der Waals surface area contributed by atoms with Gasteiger partial charge in [-0.25, -0.2) is 0 Å². The van der Waals surface area contributed by atoms with E-state index >= 15 is 0 Å². The van der Waals surface area contributed by atoms with Crippen molar-refractivity contribution in [3.8, 4) is 0 Å². The molecule has 0 spiro atoms. The predicted octanol–water partition coefficient (Wildman–Crippen LogP) is 3.43. The standard InChI is InChI=1S/C15H18ClNO/c16-12-4-1-3-11(7-12)10-17-13-5-2-6-14(17)9-15(18)8-13/h1,3-4,7,13-14H,2,5-6,8-10H2. The molecule has 0 radical (unpaired) electrons. The molecule has 2 atom stereocenters. The summed E-state index contributed by atoms with van der Waals surface area (Å²) >= 11 is 6.03. The third-order valence-corrected chi connectivity index (χ3v) is 4.43. The van der Waals surface area contributed by atoms with Crippen LogP contribution in [0.3, 0.4) is 0 Å². The first kappa shape index (κ1) is 12.2. The van der Waals surface area contributed by atoms with Crippen molar-refractivity contribution in [2.24, 2.45) is 0 Å². The van der Waals surface area contributed by atoms with Crippen molar-refractivity contribution in [1.82, 2.24) is 4.90 Å². The second kappa shape index (κ2) is 5.02. The van der Waals surface area contributed by atoms with E-state index in [0.717, 1.165) is 24.4 Å². The zero-order valence-electron chi connectivity index (χ0n) is 10.4. The van der Waals surface area contributed by atoms with Gasteiger partial charge in [0.25, 0.3) is 0 Å². The molecule has 0 aliphatic carbocycles. The Kier molecular flexibility index (Phi) is 3.40. The van der Waals surface area contributed by atoms with Crippen LogP contribution in [-0.4, -0.2) is 22.8 Å². The molecular formula is C15H18ClNO. The summed E-state index contributed by atoms with van der Waals surface area (Å²) in [5.74, 6) is 0.451. The number of halogens is 1. The summed E-state index contributed by atoms with van der Waals surface area (Å²) in [4.78, 5) is 14.2. The van der Waals surface area contributed by atoms with Crippen LogP contribution in [0.25, 0.3) is 0 Å². The summed E-state index contributed by atoms with van der Waals surface area (Å²) in [5, 5.41) is 0.797. The summed E-state index contributed by atoms with van der Waals surface area (Å²) in [6.07, 6.45) is 5.11. The summed E-state index contributed by atoms with van der Waals surface area (Å²) in [5.41, 5.74) is 1.26. The van der Waals surface area contributed by atoms with Gasteiger partial charge in [-0.15, -0.1) is 0 Å². The first-order valence-corrected chi connectivity index (χ1v) is 7.12. The molecule has 1 aromatic rings. The van der Waals surface area contributed by atoms with Gasteiger partial charge >= 0.3 is 0 Å². The highest BCUT2D eigenvalue weighted by atomic mass is 35.5. The fourth-order valence-corrected chi connectivity index (χ4v) is 3.58. The van der Waals surface area contributed by atoms with Gasteiger partial charge in [-0.3, -0.25) is 9.69 Å². The molecule has 1 aromatic carbocycles. The van der Waals surface area contributed by atoms with Crippen molar-refractivity contribution < 1.29 is 4.79 Å². The molecule has 2 aliphatic rings. The van der Waals surface area contributed by atoms with Crippen molar-refractivity contribution in [3.63, 3.8) is 0 Å². The van der Waals surface area contributed by atoms with Crippen molar-refractivity contribution in [3.05, 3.63) is 34.9 Å². The molecule has 0 aromatic heterocycles. The summed E-state index contributed by atoms with van der Waals surface area (Å²) < 4.78 is 0. The van der Waals surface area contributed by atoms with E-state index in [0.29, 0.717) is 17.9 Å². The Labute approximate surface area is 113 Å². The van der Waals surface area contributed by atoms with Crippen LogP contribution in [-0.2, 0) is 11.3 Å². The van der Waals surface area contributed by atoms with Crippen LogP contribution in [0.5, 0.6) is 0 Å². The largest absolute Gasteiger partial charge is 0.300 e. The Bertz CT molecular complexity index is 444. The van der Waals surface area contributed by atoms with Crippen molar-refractivity contribution >= 4 is 17.4 Å². The normalized spacial score (nSPS) is 28.4. The predicted molar refractivity (Wildman–Crippen MR) is 72.7 cm³/mol. The Morgan fingerprint density at radius 3 is 2.61 bits per heavy atom. The van der Waals surface area contributed by atoms with Crippen molar-refractivity contribution in [2.75, 3.05) is 0 Å². The van der Waals surface area contributed by atoms with E-state index in [1.807, 2.05) is 18.2 Å². The van der Waals surface area contributed by atoms with E-state index < -0.39 is 0 Å². The number of ketones is 1. The Morgan fingerprint density at radius 1 is 1.22 bits per heavy atom. The number of nitrogens with zero attached hydrogens (tertiary/aromatic N) is 1. The SMILES string of the molecule is O=C1CC2CCCC(C1)N2Cc1cccc(Cl)c1. The molecule has 96 valence electrons. The highest BCUT2D eigenvalue weighted by Crippen LogP contribution is 2.33. The highest BCUT2D eigenvalue weighted by Gasteiger charge is 2.37. The molecule has 18 heavy (non-hydrogen) atoms. The average Bonchev–Trinajstić information content (AvgIpc) is 2.30. The molecule has 2 saturated heterocycles. The van der Waals surface area contributed by atoms with E-state index in [-0.39, 0.29) is 0 Å². The maximum Gasteiger partial charge on any atom is 0.136 e. The molecule has 3 rings (SSSR count). The number of piperidine rings is 2. The number of benzene rings is 1. The number of rotatable bonds is 2. The summed E-state index contributed by atoms with van der Waals surface area (Å²) in [6, 6.07) is 8.99. The van der Waals surface area contributed by atoms with E-state index in [2.05, 4.69) is 11.0 Å². The third-order valence-electron chi connectivity index (χ3n) is 4.19. The fourth-order valence-electron chi connectivity index (χ4n) is 3.37. The van der Waals surface area contributed by atoms with Gasteiger partial charge in [0.15, 0.2) is 0 Å². The van der Waals surface area contributed by atoms with Crippen LogP contribution < -0.4 is 0 Å². The zero-order valence-corrected chi connectivity index (χ0v) is 11.2. The quantitative estimate of drug-likeness (QED) is 0.815. The third kappa shape index (κ3) is 2.45. The van der Waals surface area contributed by atoms with E-state index in [9.17, 15) is 4.79 Å². The first-order chi connectivity index (χ1) is 8.72. The monoisotopic (exact) mass is 263 g/mol. The number of hydrogen-bond donors (Lipinski definition) is 0. The van der Waals surface area contributed by atoms with Crippen LogP contribution in [0.1, 0.15) is 37.7 Å². The summed E-state index contributed by atoms with van der Waals surface area (Å²) in [7, 11) is 0. The number of carbonyl (C=O) groups is 1. The average molecular weight is 264 g/mol. The second-order valence-corrected chi connectivity index (χ2v) is 5.92. The van der Waals surface area contributed by atoms with Gasteiger partial charge in [0, 0.05) is 36.5 Å². The lowest BCUT2D eigenvalue weighted by Gasteiger charge is -2.45. The zero-order chi connectivity index (χ0) is 12.5. The topological polar surface area (TPSA) is 20.3 Å². The minimum absolute atomic E-state index is 0.451. The number of fused-ring (bicyclic) bond motifs is 2. The molecule has 2 heterocycles. The van der Waals surface area contributed by atoms with E-state index in [4.69, 9.17) is 11.6 Å². The Hall–Kier alpha value is -0.860. The van der Waals surface area contributed by atoms with Gasteiger partial charge in [0.05, 0.1) is 0 Å². The molecule has 2 aliphatic heterocycles. The maximum atomic E-state index is 11.7. The van der Waals surface area contributed by atoms with Gasteiger partial charge in [-0.1, -0.05) is 30.2 Å². The van der Waals surface area contributed by atoms with Crippen LogP contribution in [0.2, 0.25) is 5.02 Å². The Morgan fingerprint density at radius 2 is 1.94 bits per heavy atom. The maximum absolute atomic E-state index is 11.7. The number of hydrogen-bond acceptors (Lipinski definition) is 2. The smallest absolute Gasteiger partial charge is 0.136 e. The molecule has 0 N–H and O–H groups in total. The van der Waals surface area contributed by atoms with E-state index in [1.165, 1.54) is 24.8 Å². The van der Waals surface area contributed by atoms with Gasteiger partial charge in [0.1, 0.15) is 5.78 Å². The van der Waals surface area contributed by atoms with Crippen LogP contribution >= 0.6 is 11.6 Å². The molecular weight excluding hydrogens is 246 g/mol. The van der Waals surface area contributed by atoms with Gasteiger partial charge in [-0.2, -0.15) is 0 Å². The van der Waals surface area contributed by atoms with Crippen LogP contribution in [0.15, 0.2) is 24.3 Å². The van der Waals surface area contributed by atoms with Gasteiger partial charge in [-0.05, 0) is 30.5 Å². The molecule has 0 saturated carbocycles. The van der Waals surface area contributed by atoms with Crippen molar-refractivity contribution in [2.45, 2.75) is 50.7 Å². The minimum Gasteiger partial charge on any atom is -0.300 e. The lowest BCUT2D eigenvalue weighted by atomic mass is 9.83. The summed E-state index contributed by atoms with van der Waals surface area (Å²) in [6.45, 7) is 0.934. The fraction of sp³-hybridized carbons (Fsp3) is 0.533. The molecule has 2 fully saturated rings. The number of Topliss-reactive ketones (excluding diaryl/α,β-unsaturated/α-hetero) is 1. The number of carbonyl (C=O) groups excluding carboxylic acids is 1. The van der Waals surface area contributed by atoms with Gasteiger partial charge < -0.3 is 0 Å². The lowest BCUT2D eigenvalue weighted by Crippen LogP contribution is -2.51. The minimum atomic E-state index is 0.451. The Balaban J connectivity index is 1.77. The van der Waals surface area contributed by atoms with Crippen LogP contribution in [0, 0.1) is 0 Å².